The van der Waals surface area contributed by atoms with Crippen LogP contribution in [0.15, 0.2) is 25.3 Å². The van der Waals surface area contributed by atoms with Gasteiger partial charge in [0.15, 0.2) is 0 Å². The molecule has 0 aliphatic carbocycles. The molecule has 76 valence electrons. The predicted molar refractivity (Wildman–Crippen MR) is 52.5 cm³/mol. The largest absolute Gasteiger partial charge is 0.348 e. The molecule has 5 heteroatoms. The quantitative estimate of drug-likeness (QED) is 0.711. The standard InChI is InChI=1S/C9H14N4O/c1-4-9(14)12-7(2)8(3)13-6-10-5-11-13/h4-8H,1H2,2-3H3,(H,12,14). The van der Waals surface area contributed by atoms with E-state index in [0.29, 0.717) is 0 Å². The Balaban J connectivity index is 2.57. The van der Waals surface area contributed by atoms with Gasteiger partial charge < -0.3 is 5.32 Å². The molecule has 0 radical (unpaired) electrons. The Morgan fingerprint density at radius 2 is 2.36 bits per heavy atom. The summed E-state index contributed by atoms with van der Waals surface area (Å²) in [5.74, 6) is -0.176. The van der Waals surface area contributed by atoms with Crippen molar-refractivity contribution in [1.29, 1.82) is 0 Å². The van der Waals surface area contributed by atoms with Gasteiger partial charge in [-0.25, -0.2) is 9.67 Å². The lowest BCUT2D eigenvalue weighted by atomic mass is 10.2. The molecule has 2 unspecified atom stereocenters. The van der Waals surface area contributed by atoms with Crippen LogP contribution in [0.4, 0.5) is 0 Å². The minimum Gasteiger partial charge on any atom is -0.348 e. The Morgan fingerprint density at radius 1 is 1.64 bits per heavy atom. The molecular weight excluding hydrogens is 180 g/mol. The molecule has 0 aliphatic rings. The molecule has 0 bridgehead atoms. The molecule has 0 aliphatic heterocycles. The van der Waals surface area contributed by atoms with E-state index in [-0.39, 0.29) is 18.0 Å². The highest BCUT2D eigenvalue weighted by Crippen LogP contribution is 2.07. The normalized spacial score (nSPS) is 14.4. The average molecular weight is 194 g/mol. The molecule has 1 N–H and O–H groups in total. The fraction of sp³-hybridized carbons (Fsp3) is 0.444. The lowest BCUT2D eigenvalue weighted by Gasteiger charge is -2.20. The van der Waals surface area contributed by atoms with E-state index in [0.717, 1.165) is 0 Å². The van der Waals surface area contributed by atoms with Crippen LogP contribution in [0.3, 0.4) is 0 Å². The summed E-state index contributed by atoms with van der Waals surface area (Å²) in [7, 11) is 0. The van der Waals surface area contributed by atoms with E-state index in [1.807, 2.05) is 13.8 Å². The van der Waals surface area contributed by atoms with Crippen molar-refractivity contribution in [2.75, 3.05) is 0 Å². The van der Waals surface area contributed by atoms with Gasteiger partial charge in [-0.1, -0.05) is 6.58 Å². The highest BCUT2D eigenvalue weighted by atomic mass is 16.1. The van der Waals surface area contributed by atoms with Crippen molar-refractivity contribution in [3.63, 3.8) is 0 Å². The summed E-state index contributed by atoms with van der Waals surface area (Å²) in [4.78, 5) is 14.9. The van der Waals surface area contributed by atoms with Gasteiger partial charge in [-0.3, -0.25) is 4.79 Å². The topological polar surface area (TPSA) is 59.8 Å². The summed E-state index contributed by atoms with van der Waals surface area (Å²) in [5.41, 5.74) is 0. The molecule has 1 amide bonds. The fourth-order valence-corrected chi connectivity index (χ4v) is 1.06. The highest BCUT2D eigenvalue weighted by molar-refractivity contribution is 5.87. The predicted octanol–water partition coefficient (Wildman–Crippen LogP) is 0.530. The Hall–Kier alpha value is -1.65. The maximum absolute atomic E-state index is 11.0. The third-order valence-corrected chi connectivity index (χ3v) is 2.13. The van der Waals surface area contributed by atoms with Crippen LogP contribution in [0.2, 0.25) is 0 Å². The van der Waals surface area contributed by atoms with Crippen LogP contribution in [0.25, 0.3) is 0 Å². The molecule has 0 saturated carbocycles. The molecule has 0 fully saturated rings. The smallest absolute Gasteiger partial charge is 0.243 e. The number of amides is 1. The van der Waals surface area contributed by atoms with Crippen LogP contribution in [0.5, 0.6) is 0 Å². The van der Waals surface area contributed by atoms with Crippen molar-refractivity contribution in [1.82, 2.24) is 20.1 Å². The number of carbonyl (C=O) groups is 1. The molecule has 1 rings (SSSR count). The maximum atomic E-state index is 11.0. The Bertz CT molecular complexity index is 307. The number of rotatable bonds is 4. The Labute approximate surface area is 82.8 Å². The second-order valence-corrected chi connectivity index (χ2v) is 3.12. The summed E-state index contributed by atoms with van der Waals surface area (Å²) in [6.45, 7) is 7.26. The van der Waals surface area contributed by atoms with Crippen LogP contribution < -0.4 is 5.32 Å². The number of aromatic nitrogens is 3. The number of hydrogen-bond acceptors (Lipinski definition) is 3. The van der Waals surface area contributed by atoms with Crippen molar-refractivity contribution in [2.24, 2.45) is 0 Å². The Kier molecular flexibility index (Phi) is 3.39. The summed E-state index contributed by atoms with van der Waals surface area (Å²) in [6.07, 6.45) is 4.35. The number of hydrogen-bond donors (Lipinski definition) is 1. The molecule has 2 atom stereocenters. The number of nitrogens with zero attached hydrogens (tertiary/aromatic N) is 3. The zero-order valence-electron chi connectivity index (χ0n) is 8.34. The molecule has 5 nitrogen and oxygen atoms in total. The van der Waals surface area contributed by atoms with Crippen LogP contribution in [0, 0.1) is 0 Å². The van der Waals surface area contributed by atoms with Crippen molar-refractivity contribution >= 4 is 5.91 Å². The third-order valence-electron chi connectivity index (χ3n) is 2.13. The molecule has 1 heterocycles. The summed E-state index contributed by atoms with van der Waals surface area (Å²) in [5, 5.41) is 6.77. The van der Waals surface area contributed by atoms with E-state index in [1.54, 1.807) is 11.0 Å². The van der Waals surface area contributed by atoms with Crippen LogP contribution >= 0.6 is 0 Å². The minimum absolute atomic E-state index is 0.0119. The first-order chi connectivity index (χ1) is 6.65. The molecule has 0 aromatic carbocycles. The summed E-state index contributed by atoms with van der Waals surface area (Å²) >= 11 is 0. The van der Waals surface area contributed by atoms with Gasteiger partial charge in [0.25, 0.3) is 0 Å². The zero-order valence-corrected chi connectivity index (χ0v) is 8.34. The zero-order chi connectivity index (χ0) is 10.6. The molecule has 0 spiro atoms. The van der Waals surface area contributed by atoms with Gasteiger partial charge in [0.2, 0.25) is 5.91 Å². The maximum Gasteiger partial charge on any atom is 0.243 e. The Morgan fingerprint density at radius 3 is 2.86 bits per heavy atom. The SMILES string of the molecule is C=CC(=O)NC(C)C(C)n1cncn1. The average Bonchev–Trinajstić information content (AvgIpc) is 2.69. The summed E-state index contributed by atoms with van der Waals surface area (Å²) < 4.78 is 1.70. The minimum atomic E-state index is -0.176. The molecule has 14 heavy (non-hydrogen) atoms. The van der Waals surface area contributed by atoms with Gasteiger partial charge >= 0.3 is 0 Å². The van der Waals surface area contributed by atoms with Gasteiger partial charge in [0, 0.05) is 6.04 Å². The highest BCUT2D eigenvalue weighted by Gasteiger charge is 2.15. The second-order valence-electron chi connectivity index (χ2n) is 3.12. The summed E-state index contributed by atoms with van der Waals surface area (Å²) in [6, 6.07) is 0.0589. The van der Waals surface area contributed by atoms with E-state index in [2.05, 4.69) is 22.0 Å². The van der Waals surface area contributed by atoms with E-state index in [1.165, 1.54) is 12.4 Å². The van der Waals surface area contributed by atoms with Crippen molar-refractivity contribution in [2.45, 2.75) is 25.9 Å². The van der Waals surface area contributed by atoms with Gasteiger partial charge in [0.05, 0.1) is 6.04 Å². The van der Waals surface area contributed by atoms with Crippen molar-refractivity contribution in [3.8, 4) is 0 Å². The third kappa shape index (κ3) is 2.42. The number of nitrogens with one attached hydrogen (secondary N) is 1. The van der Waals surface area contributed by atoms with Crippen molar-refractivity contribution in [3.05, 3.63) is 25.3 Å². The molecule has 1 aromatic heterocycles. The fourth-order valence-electron chi connectivity index (χ4n) is 1.06. The van der Waals surface area contributed by atoms with Gasteiger partial charge in [0.1, 0.15) is 12.7 Å². The first kappa shape index (κ1) is 10.4. The van der Waals surface area contributed by atoms with E-state index >= 15 is 0 Å². The van der Waals surface area contributed by atoms with Crippen LogP contribution in [-0.4, -0.2) is 26.7 Å². The first-order valence-electron chi connectivity index (χ1n) is 4.42. The number of carbonyl (C=O) groups excluding carboxylic acids is 1. The van der Waals surface area contributed by atoms with Gasteiger partial charge in [-0.2, -0.15) is 5.10 Å². The molecule has 0 saturated heterocycles. The lowest BCUT2D eigenvalue weighted by molar-refractivity contribution is -0.117. The second kappa shape index (κ2) is 4.55. The first-order valence-corrected chi connectivity index (χ1v) is 4.42. The van der Waals surface area contributed by atoms with Gasteiger partial charge in [-0.05, 0) is 19.9 Å². The van der Waals surface area contributed by atoms with Crippen molar-refractivity contribution < 1.29 is 4.79 Å². The van der Waals surface area contributed by atoms with Crippen LogP contribution in [0.1, 0.15) is 19.9 Å². The van der Waals surface area contributed by atoms with E-state index < -0.39 is 0 Å². The molecule has 1 aromatic rings. The van der Waals surface area contributed by atoms with Gasteiger partial charge in [-0.15, -0.1) is 0 Å². The lowest BCUT2D eigenvalue weighted by Crippen LogP contribution is -2.37. The monoisotopic (exact) mass is 194 g/mol. The molecular formula is C9H14N4O. The van der Waals surface area contributed by atoms with Crippen LogP contribution in [-0.2, 0) is 4.79 Å². The van der Waals surface area contributed by atoms with E-state index in [4.69, 9.17) is 0 Å². The van der Waals surface area contributed by atoms with E-state index in [9.17, 15) is 4.79 Å².